The van der Waals surface area contributed by atoms with Crippen LogP contribution in [0.3, 0.4) is 0 Å². The first-order valence-electron chi connectivity index (χ1n) is 12.4. The van der Waals surface area contributed by atoms with Gasteiger partial charge in [-0.2, -0.15) is 0 Å². The molecule has 0 radical (unpaired) electrons. The van der Waals surface area contributed by atoms with Crippen LogP contribution in [0.15, 0.2) is 34.6 Å². The van der Waals surface area contributed by atoms with Gasteiger partial charge in [-0.25, -0.2) is 9.97 Å². The third-order valence-electron chi connectivity index (χ3n) is 7.62. The van der Waals surface area contributed by atoms with E-state index < -0.39 is 0 Å². The molecule has 0 aliphatic carbocycles. The van der Waals surface area contributed by atoms with E-state index in [1.54, 1.807) is 12.4 Å². The molecule has 0 saturated carbocycles. The van der Waals surface area contributed by atoms with Crippen LogP contribution in [0.4, 0.5) is 0 Å². The van der Waals surface area contributed by atoms with E-state index in [2.05, 4.69) is 39.7 Å². The van der Waals surface area contributed by atoms with Crippen LogP contribution in [0.1, 0.15) is 11.1 Å². The second kappa shape index (κ2) is 9.84. The zero-order valence-corrected chi connectivity index (χ0v) is 20.2. The molecule has 13 heteroatoms. The molecule has 1 unspecified atom stereocenters. The van der Waals surface area contributed by atoms with Crippen molar-refractivity contribution in [1.29, 1.82) is 0 Å². The summed E-state index contributed by atoms with van der Waals surface area (Å²) in [6.45, 7) is 3.75. The number of hydrogen-bond donors (Lipinski definition) is 6. The highest BCUT2D eigenvalue weighted by Crippen LogP contribution is 2.29. The zero-order chi connectivity index (χ0) is 25.5. The lowest BCUT2D eigenvalue weighted by Gasteiger charge is -2.25. The Morgan fingerprint density at radius 3 is 1.65 bits per heavy atom. The molecule has 4 aromatic rings. The zero-order valence-electron chi connectivity index (χ0n) is 20.2. The van der Waals surface area contributed by atoms with Crippen LogP contribution in [-0.2, 0) is 17.8 Å². The minimum atomic E-state index is -0.205. The third kappa shape index (κ3) is 4.49. The van der Waals surface area contributed by atoms with Gasteiger partial charge in [0.15, 0.2) is 0 Å². The van der Waals surface area contributed by atoms with E-state index in [1.165, 1.54) is 12.7 Å². The van der Waals surface area contributed by atoms with E-state index >= 15 is 0 Å². The average Bonchev–Trinajstić information content (AvgIpc) is 3.67. The van der Waals surface area contributed by atoms with Gasteiger partial charge in [0, 0.05) is 87.8 Å². The quantitative estimate of drug-likeness (QED) is 0.175. The summed E-state index contributed by atoms with van der Waals surface area (Å²) in [6, 6.07) is 0. The topological polar surface area (TPSA) is 179 Å². The van der Waals surface area contributed by atoms with Gasteiger partial charge < -0.3 is 34.9 Å². The largest absolute Gasteiger partial charge is 0.396 e. The maximum absolute atomic E-state index is 12.0. The van der Waals surface area contributed by atoms with E-state index in [-0.39, 0.29) is 48.4 Å². The summed E-state index contributed by atoms with van der Waals surface area (Å²) in [5.41, 5.74) is 3.63. The first-order valence-corrected chi connectivity index (χ1v) is 12.4. The molecule has 4 aromatic heterocycles. The number of aromatic nitrogens is 6. The minimum Gasteiger partial charge on any atom is -0.396 e. The SMILES string of the molecule is O=c1[nH]cnc2c(CN3CC(O[C@H]4CN(Cc5c[nH]c6c(=O)[nH]cnc56)C[C@@H]4CO)[C@@H](CO)C3)c[nH]c12. The molecular weight excluding hydrogens is 480 g/mol. The van der Waals surface area contributed by atoms with Crippen LogP contribution in [0.25, 0.3) is 22.1 Å². The van der Waals surface area contributed by atoms with Crippen molar-refractivity contribution in [2.24, 2.45) is 11.8 Å². The van der Waals surface area contributed by atoms with Gasteiger partial charge in [-0.3, -0.25) is 19.4 Å². The summed E-state index contributed by atoms with van der Waals surface area (Å²) in [7, 11) is 0. The van der Waals surface area contributed by atoms with E-state index in [4.69, 9.17) is 4.74 Å². The second-order valence-electron chi connectivity index (χ2n) is 10.0. The van der Waals surface area contributed by atoms with Crippen molar-refractivity contribution < 1.29 is 14.9 Å². The molecule has 0 aromatic carbocycles. The van der Waals surface area contributed by atoms with Crippen LogP contribution >= 0.6 is 0 Å². The molecule has 6 N–H and O–H groups in total. The number of rotatable bonds is 8. The monoisotopic (exact) mass is 510 g/mol. The number of fused-ring (bicyclic) bond motifs is 2. The fourth-order valence-corrected chi connectivity index (χ4v) is 5.73. The number of likely N-dealkylation sites (tertiary alicyclic amines) is 2. The number of nitrogens with one attached hydrogen (secondary N) is 4. The number of hydrogen-bond acceptors (Lipinski definition) is 9. The molecule has 6 heterocycles. The summed E-state index contributed by atoms with van der Waals surface area (Å²) < 4.78 is 6.53. The lowest BCUT2D eigenvalue weighted by molar-refractivity contribution is -0.0539. The Hall–Kier alpha value is -3.36. The summed E-state index contributed by atoms with van der Waals surface area (Å²) in [4.78, 5) is 48.2. The Bertz CT molecular complexity index is 1400. The van der Waals surface area contributed by atoms with Crippen LogP contribution in [0.5, 0.6) is 0 Å². The fourth-order valence-electron chi connectivity index (χ4n) is 5.73. The van der Waals surface area contributed by atoms with Gasteiger partial charge >= 0.3 is 0 Å². The first-order chi connectivity index (χ1) is 18.0. The molecule has 2 aliphatic heterocycles. The molecule has 4 atom stereocenters. The van der Waals surface area contributed by atoms with Crippen LogP contribution in [0, 0.1) is 11.8 Å². The van der Waals surface area contributed by atoms with Gasteiger partial charge in [0.05, 0.1) is 35.9 Å². The van der Waals surface area contributed by atoms with Crippen molar-refractivity contribution in [3.63, 3.8) is 0 Å². The maximum Gasteiger partial charge on any atom is 0.275 e. The van der Waals surface area contributed by atoms with Gasteiger partial charge in [-0.15, -0.1) is 0 Å². The van der Waals surface area contributed by atoms with Gasteiger partial charge in [0.25, 0.3) is 11.1 Å². The van der Waals surface area contributed by atoms with Crippen molar-refractivity contribution in [2.45, 2.75) is 25.3 Å². The number of H-pyrrole nitrogens is 4. The molecule has 2 fully saturated rings. The first kappa shape index (κ1) is 24.0. The lowest BCUT2D eigenvalue weighted by atomic mass is 10.0. The minimum absolute atomic E-state index is 0.00273. The van der Waals surface area contributed by atoms with Gasteiger partial charge in [0.1, 0.15) is 11.0 Å². The fraction of sp³-hybridized carbons (Fsp3) is 0.500. The average molecular weight is 511 g/mol. The standard InChI is InChI=1S/C24H30N8O5/c33-9-15-5-31(3-13-1-25-21-19(13)27-11-29-23(21)35)7-17(15)37-18-8-32(6-16(18)10-34)4-14-2-26-22-20(14)28-12-30-24(22)36/h1-2,11-12,15-18,25-26,33-34H,3-10H2,(H,27,29,35)(H,28,30,36)/t15-,16-,17+,18?/m1/s1. The number of aliphatic hydroxyl groups is 2. The Morgan fingerprint density at radius 2 is 1.22 bits per heavy atom. The molecule has 0 amide bonds. The van der Waals surface area contributed by atoms with E-state index in [0.717, 1.165) is 11.1 Å². The van der Waals surface area contributed by atoms with Crippen molar-refractivity contribution in [2.75, 3.05) is 39.4 Å². The number of ether oxygens (including phenoxy) is 1. The van der Waals surface area contributed by atoms with E-state index in [1.807, 2.05) is 0 Å². The summed E-state index contributed by atoms with van der Waals surface area (Å²) in [5.74, 6) is -0.112. The molecule has 0 bridgehead atoms. The molecule has 37 heavy (non-hydrogen) atoms. The number of aliphatic hydroxyl groups excluding tert-OH is 2. The van der Waals surface area contributed by atoms with Crippen LogP contribution < -0.4 is 11.1 Å². The third-order valence-corrected chi connectivity index (χ3v) is 7.62. The molecule has 196 valence electrons. The Morgan fingerprint density at radius 1 is 0.757 bits per heavy atom. The van der Waals surface area contributed by atoms with Crippen molar-refractivity contribution in [1.82, 2.24) is 39.7 Å². The van der Waals surface area contributed by atoms with Crippen LogP contribution in [-0.4, -0.2) is 102 Å². The highest BCUT2D eigenvalue weighted by Gasteiger charge is 2.40. The normalized spacial score (nSPS) is 25.1. The smallest absolute Gasteiger partial charge is 0.275 e. The predicted octanol–water partition coefficient (Wildman–Crippen LogP) is -0.882. The number of aromatic amines is 4. The number of nitrogens with zero attached hydrogens (tertiary/aromatic N) is 4. The summed E-state index contributed by atoms with van der Waals surface area (Å²) >= 11 is 0. The van der Waals surface area contributed by atoms with Crippen LogP contribution in [0.2, 0.25) is 0 Å². The molecule has 6 rings (SSSR count). The summed E-state index contributed by atoms with van der Waals surface area (Å²) in [6.07, 6.45) is 6.05. The molecule has 0 spiro atoms. The Labute approximate surface area is 210 Å². The molecule has 13 nitrogen and oxygen atoms in total. The Kier molecular flexibility index (Phi) is 6.38. The van der Waals surface area contributed by atoms with E-state index in [9.17, 15) is 19.8 Å². The highest BCUT2D eigenvalue weighted by atomic mass is 16.5. The molecular formula is C24H30N8O5. The predicted molar refractivity (Wildman–Crippen MR) is 134 cm³/mol. The van der Waals surface area contributed by atoms with Gasteiger partial charge in [-0.1, -0.05) is 0 Å². The summed E-state index contributed by atoms with van der Waals surface area (Å²) in [5, 5.41) is 20.1. The maximum atomic E-state index is 12.0. The van der Waals surface area contributed by atoms with Crippen molar-refractivity contribution >= 4 is 22.1 Å². The van der Waals surface area contributed by atoms with Gasteiger partial charge in [0.2, 0.25) is 0 Å². The highest BCUT2D eigenvalue weighted by molar-refractivity contribution is 5.78. The van der Waals surface area contributed by atoms with Crippen molar-refractivity contribution in [3.8, 4) is 0 Å². The molecule has 2 aliphatic rings. The Balaban J connectivity index is 1.12. The lowest BCUT2D eigenvalue weighted by Crippen LogP contribution is -2.35. The molecule has 2 saturated heterocycles. The second-order valence-corrected chi connectivity index (χ2v) is 10.0. The van der Waals surface area contributed by atoms with Gasteiger partial charge in [-0.05, 0) is 0 Å². The van der Waals surface area contributed by atoms with Crippen molar-refractivity contribution in [3.05, 3.63) is 56.9 Å². The van der Waals surface area contributed by atoms with E-state index in [0.29, 0.717) is 61.3 Å².